The Hall–Kier alpha value is -2.11. The number of halogens is 1. The highest BCUT2D eigenvalue weighted by atomic mass is 35.5. The summed E-state index contributed by atoms with van der Waals surface area (Å²) in [6.45, 7) is 1.60. The molecule has 2 aromatic rings. The van der Waals surface area contributed by atoms with Gasteiger partial charge < -0.3 is 25.8 Å². The van der Waals surface area contributed by atoms with Crippen LogP contribution < -0.4 is 21.1 Å². The average molecular weight is 346 g/mol. The van der Waals surface area contributed by atoms with Gasteiger partial charge in [0.15, 0.2) is 6.23 Å². The fourth-order valence-corrected chi connectivity index (χ4v) is 3.28. The van der Waals surface area contributed by atoms with Crippen molar-refractivity contribution in [2.75, 3.05) is 29.6 Å². The molecule has 24 heavy (non-hydrogen) atoms. The molecule has 4 rings (SSSR count). The summed E-state index contributed by atoms with van der Waals surface area (Å²) in [5.74, 6) is 0.798. The van der Waals surface area contributed by atoms with Crippen molar-refractivity contribution in [3.63, 3.8) is 0 Å². The van der Waals surface area contributed by atoms with Gasteiger partial charge in [-0.3, -0.25) is 0 Å². The Morgan fingerprint density at radius 2 is 1.96 bits per heavy atom. The van der Waals surface area contributed by atoms with E-state index in [1.807, 2.05) is 36.4 Å². The highest BCUT2D eigenvalue weighted by Crippen LogP contribution is 2.40. The average Bonchev–Trinajstić information content (AvgIpc) is 3.01. The minimum atomic E-state index is -0.252. The summed E-state index contributed by atoms with van der Waals surface area (Å²) in [7, 11) is 0. The number of nitrogen functional groups attached to an aromatic ring is 1. The van der Waals surface area contributed by atoms with E-state index in [0.717, 1.165) is 54.4 Å². The van der Waals surface area contributed by atoms with Crippen LogP contribution in [0.1, 0.15) is 24.6 Å². The summed E-state index contributed by atoms with van der Waals surface area (Å²) in [5, 5.41) is 7.51. The highest BCUT2D eigenvalue weighted by molar-refractivity contribution is 6.31. The fourth-order valence-electron chi connectivity index (χ4n) is 3.10. The lowest BCUT2D eigenvalue weighted by Gasteiger charge is -2.25. The number of hydrogen-bond acceptors (Lipinski definition) is 5. The van der Waals surface area contributed by atoms with Crippen LogP contribution in [0.3, 0.4) is 0 Å². The second kappa shape index (κ2) is 6.42. The van der Waals surface area contributed by atoms with Gasteiger partial charge in [0, 0.05) is 29.8 Å². The number of nitrogens with two attached hydrogens (primary N) is 1. The largest absolute Gasteiger partial charge is 0.464 e. The lowest BCUT2D eigenvalue weighted by atomic mass is 10.1. The number of hydrogen-bond donors (Lipinski definition) is 3. The Morgan fingerprint density at radius 1 is 1.12 bits per heavy atom. The number of fused-ring (bicyclic) bond motifs is 1. The molecule has 126 valence electrons. The predicted octanol–water partition coefficient (Wildman–Crippen LogP) is 4.02. The molecule has 1 unspecified atom stereocenters. The summed E-state index contributed by atoms with van der Waals surface area (Å²) in [6.07, 6.45) is 1.76. The minimum Gasteiger partial charge on any atom is -0.464 e. The van der Waals surface area contributed by atoms with Crippen LogP contribution in [0.25, 0.3) is 0 Å². The zero-order chi connectivity index (χ0) is 16.5. The zero-order valence-corrected chi connectivity index (χ0v) is 14.0. The van der Waals surface area contributed by atoms with Crippen LogP contribution in [0.15, 0.2) is 36.4 Å². The predicted molar refractivity (Wildman–Crippen MR) is 96.8 cm³/mol. The number of ether oxygens (including phenoxy) is 2. The van der Waals surface area contributed by atoms with Crippen molar-refractivity contribution in [1.82, 2.24) is 0 Å². The Kier molecular flexibility index (Phi) is 4.12. The van der Waals surface area contributed by atoms with E-state index in [2.05, 4.69) is 10.6 Å². The molecule has 4 N–H and O–H groups in total. The SMILES string of the molecule is Nc1cc(C2Nc3cc(Cl)ccc3O2)ccc1NC1CCOCC1. The lowest BCUT2D eigenvalue weighted by molar-refractivity contribution is 0.0904. The molecule has 0 spiro atoms. The molecule has 0 bridgehead atoms. The third kappa shape index (κ3) is 3.09. The Labute approximate surface area is 146 Å². The van der Waals surface area contributed by atoms with Crippen molar-refractivity contribution >= 4 is 28.7 Å². The van der Waals surface area contributed by atoms with E-state index in [9.17, 15) is 0 Å². The molecular weight excluding hydrogens is 326 g/mol. The molecule has 1 fully saturated rings. The highest BCUT2D eigenvalue weighted by Gasteiger charge is 2.24. The van der Waals surface area contributed by atoms with Gasteiger partial charge in [0.1, 0.15) is 5.75 Å². The molecule has 2 aliphatic rings. The molecular formula is C18H20ClN3O2. The summed E-state index contributed by atoms with van der Waals surface area (Å²) in [6, 6.07) is 12.0. The lowest BCUT2D eigenvalue weighted by Crippen LogP contribution is -2.28. The fraction of sp³-hybridized carbons (Fsp3) is 0.333. The van der Waals surface area contributed by atoms with Gasteiger partial charge in [0.05, 0.1) is 17.1 Å². The van der Waals surface area contributed by atoms with E-state index in [0.29, 0.717) is 11.1 Å². The molecule has 0 aliphatic carbocycles. The summed E-state index contributed by atoms with van der Waals surface area (Å²) >= 11 is 6.02. The quantitative estimate of drug-likeness (QED) is 0.733. The first-order valence-electron chi connectivity index (χ1n) is 8.15. The van der Waals surface area contributed by atoms with E-state index < -0.39 is 0 Å². The molecule has 1 saturated heterocycles. The molecule has 0 saturated carbocycles. The van der Waals surface area contributed by atoms with E-state index >= 15 is 0 Å². The molecule has 0 amide bonds. The second-order valence-electron chi connectivity index (χ2n) is 6.16. The molecule has 1 atom stereocenters. The summed E-state index contributed by atoms with van der Waals surface area (Å²) < 4.78 is 11.3. The Morgan fingerprint density at radius 3 is 2.75 bits per heavy atom. The minimum absolute atomic E-state index is 0.252. The van der Waals surface area contributed by atoms with Gasteiger partial charge in [-0.05, 0) is 43.2 Å². The Balaban J connectivity index is 1.48. The van der Waals surface area contributed by atoms with E-state index in [4.69, 9.17) is 26.8 Å². The van der Waals surface area contributed by atoms with Crippen molar-refractivity contribution < 1.29 is 9.47 Å². The summed E-state index contributed by atoms with van der Waals surface area (Å²) in [5.41, 5.74) is 9.80. The van der Waals surface area contributed by atoms with Crippen molar-refractivity contribution in [3.8, 4) is 5.75 Å². The zero-order valence-electron chi connectivity index (χ0n) is 13.2. The Bertz CT molecular complexity index is 747. The van der Waals surface area contributed by atoms with Crippen LogP contribution in [0.4, 0.5) is 17.1 Å². The van der Waals surface area contributed by atoms with E-state index in [1.165, 1.54) is 0 Å². The standard InChI is InChI=1S/C18H20ClN3O2/c19-12-2-4-17-16(10-12)22-18(24-17)11-1-3-15(14(20)9-11)21-13-5-7-23-8-6-13/h1-4,9-10,13,18,21-22H,5-8,20H2. The van der Waals surface area contributed by atoms with Crippen molar-refractivity contribution in [2.24, 2.45) is 0 Å². The number of rotatable bonds is 3. The van der Waals surface area contributed by atoms with Crippen LogP contribution in [0, 0.1) is 0 Å². The molecule has 2 aromatic carbocycles. The molecule has 5 nitrogen and oxygen atoms in total. The normalized spacial score (nSPS) is 20.1. The van der Waals surface area contributed by atoms with Crippen LogP contribution in [0.5, 0.6) is 5.75 Å². The van der Waals surface area contributed by atoms with Crippen LogP contribution in [-0.2, 0) is 4.74 Å². The van der Waals surface area contributed by atoms with Gasteiger partial charge in [-0.15, -0.1) is 0 Å². The topological polar surface area (TPSA) is 68.5 Å². The first kappa shape index (κ1) is 15.4. The monoisotopic (exact) mass is 345 g/mol. The smallest absolute Gasteiger partial charge is 0.196 e. The maximum atomic E-state index is 6.24. The van der Waals surface area contributed by atoms with Crippen LogP contribution in [-0.4, -0.2) is 19.3 Å². The number of anilines is 3. The number of benzene rings is 2. The van der Waals surface area contributed by atoms with Crippen LogP contribution in [0.2, 0.25) is 5.02 Å². The first-order valence-corrected chi connectivity index (χ1v) is 8.53. The van der Waals surface area contributed by atoms with Crippen molar-refractivity contribution in [1.29, 1.82) is 0 Å². The van der Waals surface area contributed by atoms with Gasteiger partial charge in [-0.1, -0.05) is 17.7 Å². The van der Waals surface area contributed by atoms with Gasteiger partial charge in [-0.25, -0.2) is 0 Å². The summed E-state index contributed by atoms with van der Waals surface area (Å²) in [4.78, 5) is 0. The number of nitrogens with one attached hydrogen (secondary N) is 2. The van der Waals surface area contributed by atoms with E-state index in [1.54, 1.807) is 0 Å². The van der Waals surface area contributed by atoms with Gasteiger partial charge in [-0.2, -0.15) is 0 Å². The van der Waals surface area contributed by atoms with Gasteiger partial charge in [0.2, 0.25) is 0 Å². The molecule has 2 aliphatic heterocycles. The molecule has 2 heterocycles. The second-order valence-corrected chi connectivity index (χ2v) is 6.60. The molecule has 0 aromatic heterocycles. The van der Waals surface area contributed by atoms with Gasteiger partial charge >= 0.3 is 0 Å². The molecule has 6 heteroatoms. The third-order valence-electron chi connectivity index (χ3n) is 4.43. The van der Waals surface area contributed by atoms with Crippen LogP contribution >= 0.6 is 11.6 Å². The van der Waals surface area contributed by atoms with Crippen molar-refractivity contribution in [3.05, 3.63) is 47.0 Å². The van der Waals surface area contributed by atoms with E-state index in [-0.39, 0.29) is 6.23 Å². The maximum absolute atomic E-state index is 6.24. The molecule has 0 radical (unpaired) electrons. The maximum Gasteiger partial charge on any atom is 0.196 e. The first-order chi connectivity index (χ1) is 11.7. The third-order valence-corrected chi connectivity index (χ3v) is 4.67. The van der Waals surface area contributed by atoms with Gasteiger partial charge in [0.25, 0.3) is 0 Å². The van der Waals surface area contributed by atoms with Crippen molar-refractivity contribution in [2.45, 2.75) is 25.1 Å².